The largest absolute Gasteiger partial charge is 0.468 e. The molecule has 1 aliphatic heterocycles. The molecule has 1 heterocycles. The van der Waals surface area contributed by atoms with Gasteiger partial charge in [-0.15, -0.1) is 0 Å². The van der Waals surface area contributed by atoms with Gasteiger partial charge in [-0.3, -0.25) is 4.79 Å². The second-order valence-corrected chi connectivity index (χ2v) is 11.8. The van der Waals surface area contributed by atoms with Crippen molar-refractivity contribution >= 4 is 17.8 Å². The number of rotatable bonds is 10. The molecule has 2 aliphatic rings. The lowest BCUT2D eigenvalue weighted by Gasteiger charge is -2.39. The molecule has 6 nitrogen and oxygen atoms in total. The molecule has 1 saturated carbocycles. The van der Waals surface area contributed by atoms with Crippen LogP contribution in [0.25, 0.3) is 0 Å². The van der Waals surface area contributed by atoms with Gasteiger partial charge >= 0.3 is 11.9 Å². The molecule has 0 amide bonds. The highest BCUT2D eigenvalue weighted by molar-refractivity contribution is 5.95. The van der Waals surface area contributed by atoms with Crippen LogP contribution in [-0.2, 0) is 24.5 Å². The summed E-state index contributed by atoms with van der Waals surface area (Å²) in [4.78, 5) is 32.3. The average Bonchev–Trinajstić information content (AvgIpc) is 2.99. The van der Waals surface area contributed by atoms with E-state index in [1.807, 2.05) is 42.2 Å². The molecule has 0 saturated heterocycles. The van der Waals surface area contributed by atoms with Crippen molar-refractivity contribution in [3.63, 3.8) is 0 Å². The number of ether oxygens (including phenoxy) is 2. The molecule has 4 rings (SSSR count). The molecule has 2 atom stereocenters. The zero-order valence-corrected chi connectivity index (χ0v) is 25.3. The minimum Gasteiger partial charge on any atom is -0.468 e. The summed E-state index contributed by atoms with van der Waals surface area (Å²) in [5, 5.41) is 0. The van der Waals surface area contributed by atoms with E-state index in [1.165, 1.54) is 20.3 Å². The lowest BCUT2D eigenvalue weighted by molar-refractivity contribution is -0.149. The summed E-state index contributed by atoms with van der Waals surface area (Å²) in [6.07, 6.45) is 6.36. The van der Waals surface area contributed by atoms with Crippen molar-refractivity contribution in [1.29, 1.82) is 0 Å². The Morgan fingerprint density at radius 2 is 1.71 bits per heavy atom. The summed E-state index contributed by atoms with van der Waals surface area (Å²) >= 11 is 0. The fourth-order valence-corrected chi connectivity index (χ4v) is 6.86. The monoisotopic (exact) mass is 580 g/mol. The van der Waals surface area contributed by atoms with E-state index in [1.54, 1.807) is 6.92 Å². The molecule has 0 radical (unpaired) electrons. The molecule has 2 unspecified atom stereocenters. The van der Waals surface area contributed by atoms with Crippen molar-refractivity contribution in [1.82, 2.24) is 4.90 Å². The van der Waals surface area contributed by atoms with Gasteiger partial charge < -0.3 is 14.4 Å². The molecule has 0 N–H and O–H groups in total. The molecule has 1 fully saturated rings. The van der Waals surface area contributed by atoms with Gasteiger partial charge in [-0.25, -0.2) is 18.6 Å². The first kappa shape index (κ1) is 31.4. The number of methoxy groups -OCH3 is 2. The second-order valence-electron chi connectivity index (χ2n) is 11.8. The summed E-state index contributed by atoms with van der Waals surface area (Å²) in [5.74, 6) is -0.868. The summed E-state index contributed by atoms with van der Waals surface area (Å²) in [6, 6.07) is 13.1. The number of carbonyl (C=O) groups is 2. The summed E-state index contributed by atoms with van der Waals surface area (Å²) in [6.45, 7) is 6.46. The average molecular weight is 581 g/mol. The number of hydrogen-bond donors (Lipinski definition) is 0. The van der Waals surface area contributed by atoms with Gasteiger partial charge in [0.1, 0.15) is 5.84 Å². The van der Waals surface area contributed by atoms with Crippen molar-refractivity contribution in [3.05, 3.63) is 82.6 Å². The van der Waals surface area contributed by atoms with E-state index in [0.717, 1.165) is 68.5 Å². The van der Waals surface area contributed by atoms with Crippen LogP contribution in [0.4, 0.5) is 8.78 Å². The van der Waals surface area contributed by atoms with Crippen molar-refractivity contribution < 1.29 is 27.8 Å². The van der Waals surface area contributed by atoms with Gasteiger partial charge in [0.25, 0.3) is 0 Å². The first-order valence-electron chi connectivity index (χ1n) is 14.8. The third-order valence-electron chi connectivity index (χ3n) is 9.08. The number of amidine groups is 1. The van der Waals surface area contributed by atoms with Crippen LogP contribution in [0.1, 0.15) is 82.9 Å². The van der Waals surface area contributed by atoms with Crippen LogP contribution in [0.15, 0.2) is 64.8 Å². The van der Waals surface area contributed by atoms with Gasteiger partial charge in [0.2, 0.25) is 0 Å². The van der Waals surface area contributed by atoms with E-state index in [9.17, 15) is 18.4 Å². The van der Waals surface area contributed by atoms with Crippen molar-refractivity contribution in [3.8, 4) is 0 Å². The quantitative estimate of drug-likeness (QED) is 0.276. The number of carbonyl (C=O) groups excluding carboxylic acids is 2. The Morgan fingerprint density at radius 3 is 2.33 bits per heavy atom. The molecule has 0 bridgehead atoms. The summed E-state index contributed by atoms with van der Waals surface area (Å²) in [7, 11) is 2.78. The Labute approximate surface area is 247 Å². The standard InChI is InChI=1S/C34H42F2N2O4/c1-22(20-25-15-17-34(18-16-25,33(40)42-5)27-11-7-6-8-12-27)10-9-19-38-24(3)37-23(2)30(32(39)41-4)31(38)26-13-14-28(35)29(36)21-26/h6-8,11-14,21-22,25,31H,9-10,15-20H2,1-5H3. The normalized spacial score (nSPS) is 23.3. The minimum atomic E-state index is -0.959. The van der Waals surface area contributed by atoms with Crippen LogP contribution >= 0.6 is 0 Å². The van der Waals surface area contributed by atoms with E-state index in [-0.39, 0.29) is 5.97 Å². The maximum atomic E-state index is 14.3. The number of halogens is 2. The fraction of sp³-hybridized carbons (Fsp3) is 0.500. The highest BCUT2D eigenvalue weighted by Gasteiger charge is 2.44. The molecular formula is C34H42F2N2O4. The molecule has 42 heavy (non-hydrogen) atoms. The van der Waals surface area contributed by atoms with Gasteiger partial charge in [0.15, 0.2) is 11.6 Å². The van der Waals surface area contributed by atoms with Crippen molar-refractivity contribution in [2.75, 3.05) is 20.8 Å². The Bertz CT molecular complexity index is 1330. The van der Waals surface area contributed by atoms with E-state index < -0.39 is 29.1 Å². The van der Waals surface area contributed by atoms with E-state index in [2.05, 4.69) is 11.9 Å². The SMILES string of the molecule is COC(=O)C1=C(C)N=C(C)N(CCCC(C)CC2CCC(C(=O)OC)(c3ccccc3)CC2)C1c1ccc(F)c(F)c1. The van der Waals surface area contributed by atoms with Crippen LogP contribution < -0.4 is 0 Å². The number of aliphatic imine (C=N–C) groups is 1. The lowest BCUT2D eigenvalue weighted by Crippen LogP contribution is -2.41. The number of nitrogens with zero attached hydrogens (tertiary/aromatic N) is 2. The van der Waals surface area contributed by atoms with E-state index in [0.29, 0.717) is 35.2 Å². The van der Waals surface area contributed by atoms with Crippen LogP contribution in [0.5, 0.6) is 0 Å². The molecule has 2 aromatic rings. The molecule has 226 valence electrons. The maximum Gasteiger partial charge on any atom is 0.338 e. The maximum absolute atomic E-state index is 14.3. The molecule has 0 spiro atoms. The predicted octanol–water partition coefficient (Wildman–Crippen LogP) is 7.29. The molecule has 2 aromatic carbocycles. The summed E-state index contributed by atoms with van der Waals surface area (Å²) < 4.78 is 38.3. The molecule has 8 heteroatoms. The number of esters is 2. The van der Waals surface area contributed by atoms with Gasteiger partial charge in [-0.1, -0.05) is 43.3 Å². The van der Waals surface area contributed by atoms with Crippen molar-refractivity contribution in [2.24, 2.45) is 16.8 Å². The highest BCUT2D eigenvalue weighted by Crippen LogP contribution is 2.44. The smallest absolute Gasteiger partial charge is 0.338 e. The molecule has 1 aliphatic carbocycles. The molecule has 0 aromatic heterocycles. The summed E-state index contributed by atoms with van der Waals surface area (Å²) in [5.41, 5.74) is 1.78. The van der Waals surface area contributed by atoms with Crippen LogP contribution in [0.3, 0.4) is 0 Å². The first-order chi connectivity index (χ1) is 20.1. The zero-order chi connectivity index (χ0) is 30.4. The van der Waals surface area contributed by atoms with E-state index >= 15 is 0 Å². The van der Waals surface area contributed by atoms with Gasteiger partial charge in [0, 0.05) is 6.54 Å². The van der Waals surface area contributed by atoms with Gasteiger partial charge in [-0.2, -0.15) is 0 Å². The third-order valence-corrected chi connectivity index (χ3v) is 9.08. The lowest BCUT2D eigenvalue weighted by atomic mass is 9.65. The zero-order valence-electron chi connectivity index (χ0n) is 25.3. The Kier molecular flexibility index (Phi) is 10.2. The van der Waals surface area contributed by atoms with E-state index in [4.69, 9.17) is 9.47 Å². The highest BCUT2D eigenvalue weighted by atomic mass is 19.2. The topological polar surface area (TPSA) is 68.2 Å². The first-order valence-corrected chi connectivity index (χ1v) is 14.8. The minimum absolute atomic E-state index is 0.148. The van der Waals surface area contributed by atoms with Gasteiger partial charge in [0.05, 0.1) is 36.9 Å². The Hall–Kier alpha value is -3.55. The Morgan fingerprint density at radius 1 is 1.02 bits per heavy atom. The van der Waals surface area contributed by atoms with Crippen LogP contribution in [-0.4, -0.2) is 43.4 Å². The fourth-order valence-electron chi connectivity index (χ4n) is 6.86. The van der Waals surface area contributed by atoms with Crippen LogP contribution in [0, 0.1) is 23.5 Å². The number of hydrogen-bond acceptors (Lipinski definition) is 6. The predicted molar refractivity (Wildman–Crippen MR) is 159 cm³/mol. The van der Waals surface area contributed by atoms with Gasteiger partial charge in [-0.05, 0) is 93.9 Å². The van der Waals surface area contributed by atoms with Crippen LogP contribution in [0.2, 0.25) is 0 Å². The second kappa shape index (κ2) is 13.6. The molecular weight excluding hydrogens is 538 g/mol. The number of allylic oxidation sites excluding steroid dienone is 1. The Balaban J connectivity index is 1.40. The van der Waals surface area contributed by atoms with Crippen molar-refractivity contribution in [2.45, 2.75) is 77.2 Å². The number of benzene rings is 2. The third kappa shape index (κ3) is 6.58.